The Kier molecular flexibility index (Phi) is 4.43. The summed E-state index contributed by atoms with van der Waals surface area (Å²) in [7, 11) is 1.57. The molecule has 8 nitrogen and oxygen atoms in total. The summed E-state index contributed by atoms with van der Waals surface area (Å²) in [5.41, 5.74) is 7.75. The van der Waals surface area contributed by atoms with E-state index in [1.807, 2.05) is 0 Å². The van der Waals surface area contributed by atoms with Gasteiger partial charge in [-0.3, -0.25) is 0 Å². The molecule has 0 amide bonds. The molecule has 0 heterocycles. The van der Waals surface area contributed by atoms with Crippen molar-refractivity contribution in [2.75, 3.05) is 7.11 Å². The number of benzene rings is 1. The van der Waals surface area contributed by atoms with E-state index < -0.39 is 5.03 Å². The third-order valence-electron chi connectivity index (χ3n) is 1.70. The minimum absolute atomic E-state index is 0.327. The first kappa shape index (κ1) is 12.4. The highest BCUT2D eigenvalue weighted by molar-refractivity contribution is 5.81. The average Bonchev–Trinajstić information content (AvgIpc) is 2.29. The Bertz CT molecular complexity index is 440. The fraction of sp³-hybridized carbons (Fsp3) is 0.111. The van der Waals surface area contributed by atoms with E-state index in [4.69, 9.17) is 15.7 Å². The van der Waals surface area contributed by atoms with Crippen molar-refractivity contribution >= 4 is 12.2 Å². The predicted octanol–water partition coefficient (Wildman–Crippen LogP) is 0.0165. The fourth-order valence-electron chi connectivity index (χ4n) is 0.968. The minimum Gasteiger partial charge on any atom is -0.497 e. The van der Waals surface area contributed by atoms with Gasteiger partial charge in [0.2, 0.25) is 0 Å². The number of nitrogens with one attached hydrogen (secondary N) is 1. The van der Waals surface area contributed by atoms with Gasteiger partial charge in [0.1, 0.15) is 10.7 Å². The van der Waals surface area contributed by atoms with E-state index in [0.717, 1.165) is 11.3 Å². The van der Waals surface area contributed by atoms with Gasteiger partial charge < -0.3 is 10.5 Å². The highest BCUT2D eigenvalue weighted by Gasteiger charge is 2.03. The van der Waals surface area contributed by atoms with E-state index in [1.165, 1.54) is 6.21 Å². The van der Waals surface area contributed by atoms with E-state index in [1.54, 1.807) is 36.8 Å². The van der Waals surface area contributed by atoms with E-state index in [9.17, 15) is 4.91 Å². The van der Waals surface area contributed by atoms with Gasteiger partial charge in [-0.15, -0.1) is 5.10 Å². The number of guanidine groups is 1. The molecular weight excluding hydrogens is 226 g/mol. The van der Waals surface area contributed by atoms with Gasteiger partial charge in [-0.05, 0) is 35.3 Å². The van der Waals surface area contributed by atoms with Gasteiger partial charge in [0, 0.05) is 0 Å². The summed E-state index contributed by atoms with van der Waals surface area (Å²) in [5.74, 6) is 0.404. The van der Waals surface area contributed by atoms with Crippen molar-refractivity contribution in [2.24, 2.45) is 15.9 Å². The lowest BCUT2D eigenvalue weighted by Gasteiger charge is -1.97. The number of nitrogens with two attached hydrogens (primary N) is 1. The third-order valence-corrected chi connectivity index (χ3v) is 1.70. The van der Waals surface area contributed by atoms with Crippen LogP contribution in [0.25, 0.3) is 0 Å². The van der Waals surface area contributed by atoms with Crippen molar-refractivity contribution in [1.29, 1.82) is 0 Å². The molecule has 0 radical (unpaired) electrons. The maximum Gasteiger partial charge on any atom is 0.362 e. The molecule has 8 heteroatoms. The number of ether oxygens (including phenoxy) is 1. The van der Waals surface area contributed by atoms with Gasteiger partial charge in [-0.1, -0.05) is 0 Å². The molecule has 0 saturated heterocycles. The van der Waals surface area contributed by atoms with Crippen molar-refractivity contribution < 1.29 is 15.0 Å². The summed E-state index contributed by atoms with van der Waals surface area (Å²) in [6.45, 7) is 0. The SMILES string of the molecule is COc1ccc(/C=N/N=C(\N)N[N+](=O)O)cc1. The van der Waals surface area contributed by atoms with Crippen molar-refractivity contribution in [3.05, 3.63) is 34.7 Å². The molecule has 90 valence electrons. The van der Waals surface area contributed by atoms with E-state index in [-0.39, 0.29) is 5.96 Å². The molecule has 0 aliphatic carbocycles. The molecule has 0 fully saturated rings. The normalized spacial score (nSPS) is 11.5. The van der Waals surface area contributed by atoms with Crippen LogP contribution >= 0.6 is 0 Å². The molecule has 1 rings (SSSR count). The maximum absolute atomic E-state index is 10.1. The lowest BCUT2D eigenvalue weighted by atomic mass is 10.2. The lowest BCUT2D eigenvalue weighted by molar-refractivity contribution is -0.822. The average molecular weight is 238 g/mol. The second kappa shape index (κ2) is 6.05. The lowest BCUT2D eigenvalue weighted by Crippen LogP contribution is -2.36. The highest BCUT2D eigenvalue weighted by Crippen LogP contribution is 2.09. The zero-order valence-electron chi connectivity index (χ0n) is 9.07. The van der Waals surface area contributed by atoms with Gasteiger partial charge in [0.25, 0.3) is 5.96 Å². The Morgan fingerprint density at radius 2 is 2.18 bits per heavy atom. The van der Waals surface area contributed by atoms with Crippen LogP contribution in [0.3, 0.4) is 0 Å². The number of hydrogen-bond donors (Lipinski definition) is 3. The van der Waals surface area contributed by atoms with Crippen LogP contribution < -0.4 is 15.9 Å². The second-order valence-corrected chi connectivity index (χ2v) is 2.89. The zero-order valence-corrected chi connectivity index (χ0v) is 9.07. The molecule has 0 aliphatic rings. The summed E-state index contributed by atoms with van der Waals surface area (Å²) in [4.78, 5) is 10.1. The summed E-state index contributed by atoms with van der Waals surface area (Å²) < 4.78 is 4.99. The van der Waals surface area contributed by atoms with Gasteiger partial charge in [0.05, 0.1) is 13.3 Å². The first-order valence-corrected chi connectivity index (χ1v) is 4.55. The molecule has 17 heavy (non-hydrogen) atoms. The Labute approximate surface area is 96.9 Å². The minimum atomic E-state index is -0.568. The van der Waals surface area contributed by atoms with Gasteiger partial charge >= 0.3 is 5.03 Å². The fourth-order valence-corrected chi connectivity index (χ4v) is 0.968. The van der Waals surface area contributed by atoms with Crippen molar-refractivity contribution in [2.45, 2.75) is 0 Å². The number of hydrogen-bond acceptors (Lipinski definition) is 4. The van der Waals surface area contributed by atoms with Gasteiger partial charge in [-0.25, -0.2) is 5.21 Å². The largest absolute Gasteiger partial charge is 0.497 e. The van der Waals surface area contributed by atoms with Crippen LogP contribution in [0.1, 0.15) is 5.56 Å². The zero-order chi connectivity index (χ0) is 12.7. The van der Waals surface area contributed by atoms with Crippen molar-refractivity contribution in [3.8, 4) is 5.75 Å². The quantitative estimate of drug-likeness (QED) is 0.389. The molecule has 1 aromatic carbocycles. The number of hydrazine groups is 1. The summed E-state index contributed by atoms with van der Waals surface area (Å²) in [6, 6.07) is 7.07. The molecule has 0 aromatic heterocycles. The number of methoxy groups -OCH3 is 1. The van der Waals surface area contributed by atoms with Crippen LogP contribution in [0.5, 0.6) is 5.75 Å². The molecule has 0 saturated carbocycles. The second-order valence-electron chi connectivity index (χ2n) is 2.89. The Hall–Kier alpha value is -2.64. The first-order chi connectivity index (χ1) is 8.11. The first-order valence-electron chi connectivity index (χ1n) is 4.55. The smallest absolute Gasteiger partial charge is 0.362 e. The van der Waals surface area contributed by atoms with Crippen molar-refractivity contribution in [3.63, 3.8) is 0 Å². The van der Waals surface area contributed by atoms with Gasteiger partial charge in [-0.2, -0.15) is 5.10 Å². The summed E-state index contributed by atoms with van der Waals surface area (Å²) in [5, 5.41) is 14.7. The number of rotatable bonds is 4. The standard InChI is InChI=1S/C9H12N5O3/c1-17-8-4-2-7(3-5-8)6-11-12-9(10)13-14(15)16/h2-6H,1H3,(H,15,16)(H3,10,12,13)/q+1/b11-6+. The van der Waals surface area contributed by atoms with E-state index >= 15 is 0 Å². The summed E-state index contributed by atoms with van der Waals surface area (Å²) in [6.07, 6.45) is 1.43. The van der Waals surface area contributed by atoms with E-state index in [2.05, 4.69) is 10.2 Å². The predicted molar refractivity (Wildman–Crippen MR) is 60.8 cm³/mol. The Balaban J connectivity index is 2.61. The molecule has 0 spiro atoms. The molecule has 4 N–H and O–H groups in total. The van der Waals surface area contributed by atoms with Crippen LogP contribution in [-0.2, 0) is 0 Å². The van der Waals surface area contributed by atoms with Crippen LogP contribution in [0.4, 0.5) is 0 Å². The Morgan fingerprint density at radius 1 is 1.53 bits per heavy atom. The maximum atomic E-state index is 10.1. The molecule has 0 atom stereocenters. The summed E-state index contributed by atoms with van der Waals surface area (Å²) >= 11 is 0. The van der Waals surface area contributed by atoms with Crippen LogP contribution in [-0.4, -0.2) is 29.5 Å². The van der Waals surface area contributed by atoms with E-state index in [0.29, 0.717) is 0 Å². The number of nitrogens with zero attached hydrogens (tertiary/aromatic N) is 3. The molecule has 0 aliphatic heterocycles. The molecule has 0 bridgehead atoms. The molecule has 0 unspecified atom stereocenters. The van der Waals surface area contributed by atoms with Crippen molar-refractivity contribution in [1.82, 2.24) is 5.43 Å². The highest BCUT2D eigenvalue weighted by atomic mass is 16.7. The molecular formula is C9H12N5O3+. The monoisotopic (exact) mass is 238 g/mol. The van der Waals surface area contributed by atoms with Crippen LogP contribution in [0.15, 0.2) is 34.5 Å². The topological polar surface area (TPSA) is 112 Å². The van der Waals surface area contributed by atoms with Crippen LogP contribution in [0.2, 0.25) is 0 Å². The van der Waals surface area contributed by atoms with Gasteiger partial charge in [0.15, 0.2) is 0 Å². The van der Waals surface area contributed by atoms with Crippen LogP contribution in [0, 0.1) is 4.91 Å². The molecule has 1 aromatic rings. The Morgan fingerprint density at radius 3 is 2.71 bits per heavy atom. The third kappa shape index (κ3) is 4.60.